The highest BCUT2D eigenvalue weighted by atomic mass is 16.7. The number of aliphatic carboxylic acids is 2. The van der Waals surface area contributed by atoms with Crippen LogP contribution in [0.1, 0.15) is 46.4 Å². The lowest BCUT2D eigenvalue weighted by Crippen LogP contribution is -2.16. The van der Waals surface area contributed by atoms with Crippen molar-refractivity contribution in [3.05, 3.63) is 47.5 Å². The van der Waals surface area contributed by atoms with Gasteiger partial charge in [0, 0.05) is 24.0 Å². The standard InChI is InChI=1S/C23H22O11/c1-31-17-7-3-13(15(24)5-9-21(26)27)11-19(17)33-23(30)34-20-12-14(4-8-18(20)32-2)16(25)6-10-22(28)29/h3-4,7-8,11-12H,5-6,9-10H2,1-2H3,(H,26,27)(H,28,29). The van der Waals surface area contributed by atoms with E-state index < -0.39 is 29.7 Å². The molecule has 0 aliphatic heterocycles. The molecule has 0 heterocycles. The first-order valence-corrected chi connectivity index (χ1v) is 9.90. The van der Waals surface area contributed by atoms with Gasteiger partial charge in [-0.15, -0.1) is 0 Å². The second-order valence-electron chi connectivity index (χ2n) is 6.82. The van der Waals surface area contributed by atoms with Crippen LogP contribution in [0.4, 0.5) is 4.79 Å². The molecule has 2 aromatic carbocycles. The zero-order valence-electron chi connectivity index (χ0n) is 18.4. The van der Waals surface area contributed by atoms with E-state index >= 15 is 0 Å². The highest BCUT2D eigenvalue weighted by Crippen LogP contribution is 2.32. The maximum atomic E-state index is 12.4. The molecule has 0 saturated heterocycles. The number of hydrogen-bond acceptors (Lipinski definition) is 9. The third-order valence-corrected chi connectivity index (χ3v) is 4.49. The molecule has 11 nitrogen and oxygen atoms in total. The summed E-state index contributed by atoms with van der Waals surface area (Å²) >= 11 is 0. The maximum Gasteiger partial charge on any atom is 0.519 e. The lowest BCUT2D eigenvalue weighted by molar-refractivity contribution is -0.137. The Morgan fingerprint density at radius 1 is 0.618 bits per heavy atom. The molecule has 0 atom stereocenters. The van der Waals surface area contributed by atoms with Crippen LogP contribution in [0.5, 0.6) is 23.0 Å². The molecule has 0 aliphatic carbocycles. The van der Waals surface area contributed by atoms with E-state index in [1.54, 1.807) is 0 Å². The minimum absolute atomic E-state index is 0.105. The molecule has 0 bridgehead atoms. The van der Waals surface area contributed by atoms with E-state index in [9.17, 15) is 24.0 Å². The molecule has 0 unspecified atom stereocenters. The lowest BCUT2D eigenvalue weighted by atomic mass is 10.1. The van der Waals surface area contributed by atoms with Gasteiger partial charge in [0.15, 0.2) is 34.6 Å². The Bertz CT molecular complexity index is 1020. The Labute approximate surface area is 193 Å². The quantitative estimate of drug-likeness (QED) is 0.263. The van der Waals surface area contributed by atoms with Gasteiger partial charge in [-0.1, -0.05) is 0 Å². The molecule has 0 amide bonds. The third kappa shape index (κ3) is 7.33. The van der Waals surface area contributed by atoms with Crippen molar-refractivity contribution in [1.82, 2.24) is 0 Å². The van der Waals surface area contributed by atoms with Crippen molar-refractivity contribution in [3.63, 3.8) is 0 Å². The van der Waals surface area contributed by atoms with Crippen LogP contribution in [-0.4, -0.2) is 54.1 Å². The topological polar surface area (TPSA) is 163 Å². The van der Waals surface area contributed by atoms with Crippen LogP contribution in [0.3, 0.4) is 0 Å². The fourth-order valence-electron chi connectivity index (χ4n) is 2.79. The SMILES string of the molecule is COc1ccc(C(=O)CCC(=O)O)cc1OC(=O)Oc1cc(C(=O)CCC(=O)O)ccc1OC. The molecule has 0 aliphatic rings. The van der Waals surface area contributed by atoms with Crippen molar-refractivity contribution in [2.24, 2.45) is 0 Å². The number of methoxy groups -OCH3 is 2. The smallest absolute Gasteiger partial charge is 0.493 e. The Balaban J connectivity index is 2.21. The highest BCUT2D eigenvalue weighted by Gasteiger charge is 2.19. The van der Waals surface area contributed by atoms with Gasteiger partial charge in [-0.3, -0.25) is 19.2 Å². The number of hydrogen-bond donors (Lipinski definition) is 2. The minimum Gasteiger partial charge on any atom is -0.493 e. The van der Waals surface area contributed by atoms with Crippen molar-refractivity contribution >= 4 is 29.7 Å². The van der Waals surface area contributed by atoms with Gasteiger partial charge in [0.05, 0.1) is 27.1 Å². The van der Waals surface area contributed by atoms with Crippen LogP contribution in [0.15, 0.2) is 36.4 Å². The van der Waals surface area contributed by atoms with E-state index in [4.69, 9.17) is 29.2 Å². The number of carboxylic acids is 2. The van der Waals surface area contributed by atoms with Gasteiger partial charge in [0.25, 0.3) is 0 Å². The second-order valence-corrected chi connectivity index (χ2v) is 6.82. The van der Waals surface area contributed by atoms with Gasteiger partial charge in [0.2, 0.25) is 0 Å². The fourth-order valence-corrected chi connectivity index (χ4v) is 2.79. The van der Waals surface area contributed by atoms with Crippen LogP contribution < -0.4 is 18.9 Å². The van der Waals surface area contributed by atoms with E-state index in [0.717, 1.165) is 0 Å². The average Bonchev–Trinajstić information content (AvgIpc) is 2.80. The molecule has 11 heteroatoms. The molecule has 0 radical (unpaired) electrons. The monoisotopic (exact) mass is 474 g/mol. The molecule has 2 rings (SSSR count). The van der Waals surface area contributed by atoms with Crippen molar-refractivity contribution in [1.29, 1.82) is 0 Å². The number of carbonyl (C=O) groups is 5. The number of ether oxygens (including phenoxy) is 4. The Hall–Kier alpha value is -4.41. The van der Waals surface area contributed by atoms with Gasteiger partial charge in [-0.05, 0) is 36.4 Å². The summed E-state index contributed by atoms with van der Waals surface area (Å²) in [5.74, 6) is -3.29. The maximum absolute atomic E-state index is 12.4. The zero-order valence-corrected chi connectivity index (χ0v) is 18.4. The van der Waals surface area contributed by atoms with E-state index in [1.165, 1.54) is 50.6 Å². The number of carboxylic acid groups (broad SMARTS) is 2. The summed E-state index contributed by atoms with van der Waals surface area (Å²) in [5, 5.41) is 17.5. The van der Waals surface area contributed by atoms with Crippen LogP contribution >= 0.6 is 0 Å². The van der Waals surface area contributed by atoms with Crippen LogP contribution in [0.25, 0.3) is 0 Å². The van der Waals surface area contributed by atoms with Gasteiger partial charge in [-0.25, -0.2) is 4.79 Å². The Kier molecular flexibility index (Phi) is 9.12. The number of Topliss-reactive ketones (excluding diaryl/α,β-unsaturated/α-hetero) is 2. The van der Waals surface area contributed by atoms with Crippen LogP contribution in [0, 0.1) is 0 Å². The Morgan fingerprint density at radius 2 is 1.00 bits per heavy atom. The predicted octanol–water partition coefficient (Wildman–Crippen LogP) is 3.38. The summed E-state index contributed by atoms with van der Waals surface area (Å²) in [6.45, 7) is 0. The lowest BCUT2D eigenvalue weighted by Gasteiger charge is -2.13. The third-order valence-electron chi connectivity index (χ3n) is 4.49. The largest absolute Gasteiger partial charge is 0.519 e. The van der Waals surface area contributed by atoms with Gasteiger partial charge in [-0.2, -0.15) is 0 Å². The number of rotatable bonds is 12. The normalized spacial score (nSPS) is 10.2. The molecule has 0 fully saturated rings. The van der Waals surface area contributed by atoms with Gasteiger partial charge in [0.1, 0.15) is 0 Å². The minimum atomic E-state index is -1.23. The number of benzene rings is 2. The summed E-state index contributed by atoms with van der Waals surface area (Å²) in [5.41, 5.74) is 0.210. The summed E-state index contributed by atoms with van der Waals surface area (Å²) in [4.78, 5) is 58.2. The first kappa shape index (κ1) is 25.8. The van der Waals surface area contributed by atoms with Gasteiger partial charge < -0.3 is 29.2 Å². The molecule has 0 aromatic heterocycles. The molecule has 0 spiro atoms. The van der Waals surface area contributed by atoms with Crippen LogP contribution in [0.2, 0.25) is 0 Å². The average molecular weight is 474 g/mol. The number of ketones is 2. The van der Waals surface area contributed by atoms with Crippen molar-refractivity contribution in [2.75, 3.05) is 14.2 Å². The van der Waals surface area contributed by atoms with Crippen molar-refractivity contribution < 1.29 is 53.1 Å². The summed E-state index contributed by atoms with van der Waals surface area (Å²) < 4.78 is 20.6. The van der Waals surface area contributed by atoms with Gasteiger partial charge >= 0.3 is 18.1 Å². The molecular formula is C23H22O11. The van der Waals surface area contributed by atoms with Crippen molar-refractivity contribution in [2.45, 2.75) is 25.7 Å². The molecule has 2 aromatic rings. The predicted molar refractivity (Wildman–Crippen MR) is 115 cm³/mol. The van der Waals surface area contributed by atoms with Crippen molar-refractivity contribution in [3.8, 4) is 23.0 Å². The molecule has 2 N–H and O–H groups in total. The van der Waals surface area contributed by atoms with E-state index in [2.05, 4.69) is 0 Å². The summed E-state index contributed by atoms with van der Waals surface area (Å²) in [6.07, 6.45) is -2.44. The van der Waals surface area contributed by atoms with E-state index in [0.29, 0.717) is 0 Å². The van der Waals surface area contributed by atoms with E-state index in [1.807, 2.05) is 0 Å². The Morgan fingerprint density at radius 3 is 1.32 bits per heavy atom. The van der Waals surface area contributed by atoms with E-state index in [-0.39, 0.29) is 59.8 Å². The number of carbonyl (C=O) groups excluding carboxylic acids is 3. The molecular weight excluding hydrogens is 452 g/mol. The molecule has 0 saturated carbocycles. The molecule has 180 valence electrons. The van der Waals surface area contributed by atoms with Crippen LogP contribution in [-0.2, 0) is 9.59 Å². The first-order chi connectivity index (χ1) is 16.1. The zero-order chi connectivity index (χ0) is 25.3. The summed E-state index contributed by atoms with van der Waals surface area (Å²) in [6, 6.07) is 7.98. The fraction of sp³-hybridized carbons (Fsp3) is 0.261. The highest BCUT2D eigenvalue weighted by molar-refractivity contribution is 5.99. The summed E-state index contributed by atoms with van der Waals surface area (Å²) in [7, 11) is 2.63. The molecule has 34 heavy (non-hydrogen) atoms. The second kappa shape index (κ2) is 12.0. The first-order valence-electron chi connectivity index (χ1n) is 9.90.